The second kappa shape index (κ2) is 7.39. The van der Waals surface area contributed by atoms with E-state index in [1.165, 1.54) is 0 Å². The van der Waals surface area contributed by atoms with Gasteiger partial charge in [0, 0.05) is 31.6 Å². The quantitative estimate of drug-likeness (QED) is 0.754. The Morgan fingerprint density at radius 3 is 2.59 bits per heavy atom. The lowest BCUT2D eigenvalue weighted by Crippen LogP contribution is -2.46. The number of halogens is 1. The van der Waals surface area contributed by atoms with Gasteiger partial charge in [0.1, 0.15) is 17.7 Å². The Morgan fingerprint density at radius 1 is 1.04 bits per heavy atom. The molecule has 2 N–H and O–H groups in total. The number of nitrogens with two attached hydrogens (primary N) is 1. The van der Waals surface area contributed by atoms with Gasteiger partial charge in [0.2, 0.25) is 0 Å². The molecule has 1 aliphatic rings. The van der Waals surface area contributed by atoms with Crippen LogP contribution in [0.15, 0.2) is 42.5 Å². The maximum atomic E-state index is 9.36. The van der Waals surface area contributed by atoms with E-state index < -0.39 is 0 Å². The van der Waals surface area contributed by atoms with Crippen LogP contribution in [0.25, 0.3) is 10.9 Å². The molecular formula is C20H19ClN6. The van der Waals surface area contributed by atoms with Crippen molar-refractivity contribution in [2.24, 2.45) is 0 Å². The molecule has 27 heavy (non-hydrogen) atoms. The number of hydrogen-bond acceptors (Lipinski definition) is 6. The highest BCUT2D eigenvalue weighted by molar-refractivity contribution is 6.33. The summed E-state index contributed by atoms with van der Waals surface area (Å²) in [5, 5.41) is 10.9. The molecule has 4 rings (SSSR count). The number of nitrogens with zero attached hydrogens (tertiary/aromatic N) is 5. The van der Waals surface area contributed by atoms with Gasteiger partial charge in [0.05, 0.1) is 28.3 Å². The van der Waals surface area contributed by atoms with Gasteiger partial charge < -0.3 is 10.6 Å². The Kier molecular flexibility index (Phi) is 4.80. The molecule has 6 nitrogen and oxygen atoms in total. The summed E-state index contributed by atoms with van der Waals surface area (Å²) < 4.78 is 0. The van der Waals surface area contributed by atoms with Gasteiger partial charge in [-0.1, -0.05) is 29.8 Å². The molecule has 1 saturated heterocycles. The molecule has 0 atom stereocenters. The minimum Gasteiger partial charge on any atom is -0.383 e. The number of fused-ring (bicyclic) bond motifs is 1. The van der Waals surface area contributed by atoms with Gasteiger partial charge in [0.15, 0.2) is 0 Å². The third-order valence-electron chi connectivity index (χ3n) is 4.84. The van der Waals surface area contributed by atoms with E-state index in [1.807, 2.05) is 36.4 Å². The molecule has 2 heterocycles. The average Bonchev–Trinajstić information content (AvgIpc) is 2.68. The lowest BCUT2D eigenvalue weighted by Gasteiger charge is -2.36. The van der Waals surface area contributed by atoms with Crippen molar-refractivity contribution in [3.63, 3.8) is 0 Å². The van der Waals surface area contributed by atoms with E-state index in [9.17, 15) is 5.26 Å². The molecule has 0 spiro atoms. The zero-order valence-corrected chi connectivity index (χ0v) is 15.5. The van der Waals surface area contributed by atoms with E-state index in [4.69, 9.17) is 17.3 Å². The van der Waals surface area contributed by atoms with Crippen molar-refractivity contribution < 1.29 is 0 Å². The van der Waals surface area contributed by atoms with Crippen molar-refractivity contribution in [1.82, 2.24) is 14.9 Å². The summed E-state index contributed by atoms with van der Waals surface area (Å²) in [6, 6.07) is 15.5. The molecule has 0 bridgehead atoms. The smallest absolute Gasteiger partial charge is 0.145 e. The summed E-state index contributed by atoms with van der Waals surface area (Å²) in [5.41, 5.74) is 8.39. The predicted molar refractivity (Wildman–Crippen MR) is 108 cm³/mol. The van der Waals surface area contributed by atoms with Crippen LogP contribution in [0.3, 0.4) is 0 Å². The SMILES string of the molecule is N#Cc1cccc(Cl)c1N1CCN(Cc2nc(N)c3ccccc3n2)CC1. The van der Waals surface area contributed by atoms with E-state index in [0.717, 1.165) is 48.6 Å². The molecule has 1 aliphatic heterocycles. The summed E-state index contributed by atoms with van der Waals surface area (Å²) in [6.45, 7) is 3.91. The number of anilines is 2. The third-order valence-corrected chi connectivity index (χ3v) is 5.14. The molecule has 7 heteroatoms. The zero-order chi connectivity index (χ0) is 18.8. The summed E-state index contributed by atoms with van der Waals surface area (Å²) in [6.07, 6.45) is 0. The fourth-order valence-electron chi connectivity index (χ4n) is 3.48. The van der Waals surface area contributed by atoms with Crippen LogP contribution in [0.1, 0.15) is 11.4 Å². The third kappa shape index (κ3) is 3.52. The molecule has 0 radical (unpaired) electrons. The van der Waals surface area contributed by atoms with Crippen molar-refractivity contribution in [3.8, 4) is 6.07 Å². The fraction of sp³-hybridized carbons (Fsp3) is 0.250. The molecule has 2 aromatic carbocycles. The molecular weight excluding hydrogens is 360 g/mol. The van der Waals surface area contributed by atoms with E-state index in [2.05, 4.69) is 25.8 Å². The molecule has 0 aliphatic carbocycles. The minimum absolute atomic E-state index is 0.518. The first-order chi connectivity index (χ1) is 13.2. The molecule has 0 unspecified atom stereocenters. The zero-order valence-electron chi connectivity index (χ0n) is 14.8. The number of benzene rings is 2. The fourth-order valence-corrected chi connectivity index (χ4v) is 3.77. The number of nitriles is 1. The summed E-state index contributed by atoms with van der Waals surface area (Å²) in [7, 11) is 0. The lowest BCUT2D eigenvalue weighted by molar-refractivity contribution is 0.244. The summed E-state index contributed by atoms with van der Waals surface area (Å²) >= 11 is 6.34. The molecule has 0 amide bonds. The van der Waals surface area contributed by atoms with Crippen LogP contribution in [0.4, 0.5) is 11.5 Å². The normalized spacial score (nSPS) is 15.0. The van der Waals surface area contributed by atoms with Crippen LogP contribution in [0.5, 0.6) is 0 Å². The molecule has 3 aromatic rings. The molecule has 136 valence electrons. The van der Waals surface area contributed by atoms with Crippen molar-refractivity contribution >= 4 is 34.0 Å². The largest absolute Gasteiger partial charge is 0.383 e. The van der Waals surface area contributed by atoms with Gasteiger partial charge in [-0.3, -0.25) is 4.90 Å². The molecule has 1 aromatic heterocycles. The van der Waals surface area contributed by atoms with Gasteiger partial charge in [-0.15, -0.1) is 0 Å². The average molecular weight is 379 g/mol. The summed E-state index contributed by atoms with van der Waals surface area (Å²) in [4.78, 5) is 13.6. The standard InChI is InChI=1S/C20H19ClN6/c21-16-6-3-4-14(12-22)19(16)27-10-8-26(9-11-27)13-18-24-17-7-2-1-5-15(17)20(23)25-18/h1-7H,8-11,13H2,(H2,23,24,25). The van der Waals surface area contributed by atoms with E-state index in [1.54, 1.807) is 6.07 Å². The highest BCUT2D eigenvalue weighted by Crippen LogP contribution is 2.30. The highest BCUT2D eigenvalue weighted by Gasteiger charge is 2.22. The number of nitrogen functional groups attached to an aromatic ring is 1. The van der Waals surface area contributed by atoms with Gasteiger partial charge in [-0.25, -0.2) is 9.97 Å². The van der Waals surface area contributed by atoms with Crippen molar-refractivity contribution in [2.45, 2.75) is 6.54 Å². The van der Waals surface area contributed by atoms with Crippen molar-refractivity contribution in [3.05, 3.63) is 58.9 Å². The van der Waals surface area contributed by atoms with Gasteiger partial charge in [-0.05, 0) is 24.3 Å². The first-order valence-electron chi connectivity index (χ1n) is 8.83. The Labute approximate surface area is 162 Å². The van der Waals surface area contributed by atoms with Crippen LogP contribution in [0, 0.1) is 11.3 Å². The first-order valence-corrected chi connectivity index (χ1v) is 9.20. The number of aromatic nitrogens is 2. The van der Waals surface area contributed by atoms with Crippen molar-refractivity contribution in [2.75, 3.05) is 36.8 Å². The number of piperazine rings is 1. The Hall–Kier alpha value is -2.88. The maximum Gasteiger partial charge on any atom is 0.145 e. The Morgan fingerprint density at radius 2 is 1.81 bits per heavy atom. The maximum absolute atomic E-state index is 9.36. The van der Waals surface area contributed by atoms with Gasteiger partial charge >= 0.3 is 0 Å². The second-order valence-corrected chi connectivity index (χ2v) is 6.96. The monoisotopic (exact) mass is 378 g/mol. The van der Waals surface area contributed by atoms with E-state index in [0.29, 0.717) is 22.9 Å². The van der Waals surface area contributed by atoms with E-state index in [-0.39, 0.29) is 0 Å². The summed E-state index contributed by atoms with van der Waals surface area (Å²) in [5.74, 6) is 1.25. The van der Waals surface area contributed by atoms with Crippen LogP contribution >= 0.6 is 11.6 Å². The topological polar surface area (TPSA) is 82.1 Å². The number of hydrogen-bond donors (Lipinski definition) is 1. The molecule has 1 fully saturated rings. The first kappa shape index (κ1) is 17.5. The highest BCUT2D eigenvalue weighted by atomic mass is 35.5. The van der Waals surface area contributed by atoms with Crippen LogP contribution in [-0.4, -0.2) is 41.0 Å². The minimum atomic E-state index is 0.518. The lowest BCUT2D eigenvalue weighted by atomic mass is 10.1. The Bertz CT molecular complexity index is 1020. The Balaban J connectivity index is 1.47. The van der Waals surface area contributed by atoms with E-state index >= 15 is 0 Å². The van der Waals surface area contributed by atoms with Gasteiger partial charge in [0.25, 0.3) is 0 Å². The second-order valence-electron chi connectivity index (χ2n) is 6.55. The number of rotatable bonds is 3. The van der Waals surface area contributed by atoms with Crippen molar-refractivity contribution in [1.29, 1.82) is 5.26 Å². The van der Waals surface area contributed by atoms with Crippen LogP contribution < -0.4 is 10.6 Å². The van der Waals surface area contributed by atoms with Crippen LogP contribution in [0.2, 0.25) is 5.02 Å². The van der Waals surface area contributed by atoms with Gasteiger partial charge in [-0.2, -0.15) is 5.26 Å². The van der Waals surface area contributed by atoms with Crippen LogP contribution in [-0.2, 0) is 6.54 Å². The predicted octanol–water partition coefficient (Wildman–Crippen LogP) is 3.06. The number of para-hydroxylation sites is 2. The molecule has 0 saturated carbocycles.